The molecule has 4 rings (SSSR count). The molecule has 4 unspecified atom stereocenters. The van der Waals surface area contributed by atoms with Gasteiger partial charge in [0.15, 0.2) is 0 Å². The smallest absolute Gasteiger partial charge is 0.214 e. The van der Waals surface area contributed by atoms with Crippen molar-refractivity contribution in [1.29, 1.82) is 0 Å². The Balaban J connectivity index is 1.86. The molecule has 4 aliphatic rings. The van der Waals surface area contributed by atoms with Gasteiger partial charge in [0.1, 0.15) is 0 Å². The Kier molecular flexibility index (Phi) is 1.77. The highest BCUT2D eigenvalue weighted by Crippen LogP contribution is 2.41. The van der Waals surface area contributed by atoms with Crippen LogP contribution in [0, 0.1) is 11.8 Å². The summed E-state index contributed by atoms with van der Waals surface area (Å²) < 4.78 is 25.4. The summed E-state index contributed by atoms with van der Waals surface area (Å²) in [6, 6.07) is 0.727. The highest BCUT2D eigenvalue weighted by molar-refractivity contribution is 7.89. The lowest BCUT2D eigenvalue weighted by atomic mass is 9.80. The van der Waals surface area contributed by atoms with Crippen molar-refractivity contribution < 1.29 is 8.42 Å². The third-order valence-corrected chi connectivity index (χ3v) is 5.87. The topological polar surface area (TPSA) is 49.4 Å². The van der Waals surface area contributed by atoms with Gasteiger partial charge in [-0.1, -0.05) is 6.92 Å². The van der Waals surface area contributed by atoms with Crippen molar-refractivity contribution in [3.63, 3.8) is 0 Å². The fourth-order valence-corrected chi connectivity index (χ4v) is 5.31. The summed E-state index contributed by atoms with van der Waals surface area (Å²) in [5, 5.41) is 3.37. The van der Waals surface area contributed by atoms with Gasteiger partial charge in [0.2, 0.25) is 10.0 Å². The van der Waals surface area contributed by atoms with E-state index in [4.69, 9.17) is 0 Å². The molecular weight excluding hydrogens is 200 g/mol. The van der Waals surface area contributed by atoms with E-state index >= 15 is 0 Å². The van der Waals surface area contributed by atoms with Gasteiger partial charge in [-0.2, -0.15) is 4.31 Å². The van der Waals surface area contributed by atoms with Crippen LogP contribution < -0.4 is 5.32 Å². The zero-order valence-corrected chi connectivity index (χ0v) is 9.13. The Hall–Kier alpha value is -0.130. The molecule has 0 aromatic heterocycles. The molecule has 4 fully saturated rings. The molecule has 3 heterocycles. The summed E-state index contributed by atoms with van der Waals surface area (Å²) in [6.07, 6.45) is 1.17. The lowest BCUT2D eigenvalue weighted by molar-refractivity contribution is 0.158. The van der Waals surface area contributed by atoms with E-state index in [2.05, 4.69) is 5.32 Å². The minimum absolute atomic E-state index is 0.282. The highest BCUT2D eigenvalue weighted by atomic mass is 32.2. The van der Waals surface area contributed by atoms with E-state index in [1.165, 1.54) is 6.42 Å². The molecule has 0 radical (unpaired) electrons. The number of hydrogen-bond acceptors (Lipinski definition) is 3. The van der Waals surface area contributed by atoms with Gasteiger partial charge >= 0.3 is 0 Å². The molecule has 14 heavy (non-hydrogen) atoms. The van der Waals surface area contributed by atoms with Gasteiger partial charge in [0.25, 0.3) is 0 Å². The molecule has 4 atom stereocenters. The first-order valence-electron chi connectivity index (χ1n) is 5.31. The normalized spacial score (nSPS) is 50.6. The molecule has 4 nitrogen and oxygen atoms in total. The molecule has 1 aliphatic carbocycles. The summed E-state index contributed by atoms with van der Waals surface area (Å²) in [7, 11) is -2.93. The second-order valence-electron chi connectivity index (χ2n) is 4.95. The Morgan fingerprint density at radius 1 is 1.43 bits per heavy atom. The first-order valence-corrected chi connectivity index (χ1v) is 6.92. The van der Waals surface area contributed by atoms with E-state index < -0.39 is 10.0 Å². The average Bonchev–Trinajstić information content (AvgIpc) is 2.64. The van der Waals surface area contributed by atoms with Gasteiger partial charge in [-0.05, 0) is 24.8 Å². The van der Waals surface area contributed by atoms with Crippen molar-refractivity contribution in [1.82, 2.24) is 9.62 Å². The molecule has 5 heteroatoms. The number of sulfonamides is 1. The fraction of sp³-hybridized carbons (Fsp3) is 1.00. The first kappa shape index (κ1) is 9.12. The second kappa shape index (κ2) is 2.71. The van der Waals surface area contributed by atoms with E-state index in [-0.39, 0.29) is 6.04 Å². The first-order chi connectivity index (χ1) is 6.58. The van der Waals surface area contributed by atoms with Gasteiger partial charge in [0.05, 0.1) is 5.75 Å². The largest absolute Gasteiger partial charge is 0.312 e. The third kappa shape index (κ3) is 1.09. The van der Waals surface area contributed by atoms with E-state index in [0.717, 1.165) is 13.1 Å². The molecule has 0 aromatic rings. The molecule has 80 valence electrons. The van der Waals surface area contributed by atoms with Crippen LogP contribution in [0.4, 0.5) is 0 Å². The highest BCUT2D eigenvalue weighted by Gasteiger charge is 2.54. The van der Waals surface area contributed by atoms with Crippen molar-refractivity contribution in [2.75, 3.05) is 18.8 Å². The average molecular weight is 216 g/mol. The lowest BCUT2D eigenvalue weighted by Gasteiger charge is -2.40. The second-order valence-corrected chi connectivity index (χ2v) is 6.92. The summed E-state index contributed by atoms with van der Waals surface area (Å²) in [4.78, 5) is 0. The van der Waals surface area contributed by atoms with E-state index in [1.807, 2.05) is 6.92 Å². The minimum Gasteiger partial charge on any atom is -0.312 e. The zero-order chi connectivity index (χ0) is 9.92. The van der Waals surface area contributed by atoms with Crippen LogP contribution in [0.2, 0.25) is 0 Å². The quantitative estimate of drug-likeness (QED) is 0.650. The van der Waals surface area contributed by atoms with Crippen LogP contribution >= 0.6 is 0 Å². The van der Waals surface area contributed by atoms with E-state index in [0.29, 0.717) is 23.6 Å². The van der Waals surface area contributed by atoms with Gasteiger partial charge in [0, 0.05) is 18.6 Å². The molecule has 1 saturated carbocycles. The van der Waals surface area contributed by atoms with Crippen molar-refractivity contribution in [2.24, 2.45) is 11.8 Å². The lowest BCUT2D eigenvalue weighted by Crippen LogP contribution is -2.54. The van der Waals surface area contributed by atoms with Crippen LogP contribution in [-0.2, 0) is 10.0 Å². The van der Waals surface area contributed by atoms with Crippen LogP contribution in [0.3, 0.4) is 0 Å². The van der Waals surface area contributed by atoms with E-state index in [1.54, 1.807) is 4.31 Å². The van der Waals surface area contributed by atoms with Crippen LogP contribution in [0.25, 0.3) is 0 Å². The molecular formula is C9H16N2O2S. The van der Waals surface area contributed by atoms with Gasteiger partial charge in [-0.15, -0.1) is 0 Å². The fourth-order valence-electron chi connectivity index (χ4n) is 3.12. The summed E-state index contributed by atoms with van der Waals surface area (Å²) >= 11 is 0. The summed E-state index contributed by atoms with van der Waals surface area (Å²) in [5.74, 6) is 1.24. The predicted molar refractivity (Wildman–Crippen MR) is 53.3 cm³/mol. The number of rotatable bonds is 1. The molecule has 2 bridgehead atoms. The van der Waals surface area contributed by atoms with Crippen molar-refractivity contribution in [3.8, 4) is 0 Å². The third-order valence-electron chi connectivity index (χ3n) is 3.77. The number of hydrogen-bond donors (Lipinski definition) is 1. The Morgan fingerprint density at radius 2 is 2.21 bits per heavy atom. The molecule has 3 aliphatic heterocycles. The number of nitrogens with one attached hydrogen (secondary N) is 1. The molecule has 0 aromatic carbocycles. The van der Waals surface area contributed by atoms with Crippen molar-refractivity contribution in [3.05, 3.63) is 0 Å². The van der Waals surface area contributed by atoms with Gasteiger partial charge < -0.3 is 5.32 Å². The predicted octanol–water partition coefficient (Wildman–Crippen LogP) is -0.372. The van der Waals surface area contributed by atoms with Crippen LogP contribution in [-0.4, -0.2) is 43.6 Å². The Bertz CT molecular complexity index is 340. The summed E-state index contributed by atoms with van der Waals surface area (Å²) in [6.45, 7) is 3.77. The monoisotopic (exact) mass is 216 g/mol. The zero-order valence-electron chi connectivity index (χ0n) is 8.31. The molecule has 3 saturated heterocycles. The maximum absolute atomic E-state index is 11.8. The molecule has 1 N–H and O–H groups in total. The molecule has 0 amide bonds. The maximum Gasteiger partial charge on any atom is 0.214 e. The standard InChI is InChI=1S/C9H16N2O2S/c1-6-4-11(14(12,13)5-6)9-7-2-8(9)10-3-7/h6-10H,2-5H2,1H3. The maximum atomic E-state index is 11.8. The molecule has 0 spiro atoms. The number of nitrogens with zero attached hydrogens (tertiary/aromatic N) is 1. The van der Waals surface area contributed by atoms with Crippen molar-refractivity contribution >= 4 is 10.0 Å². The Labute approximate surface area is 84.7 Å². The number of fused-ring (bicyclic) bond motifs is 1. The van der Waals surface area contributed by atoms with Crippen LogP contribution in [0.1, 0.15) is 13.3 Å². The van der Waals surface area contributed by atoms with Crippen LogP contribution in [0.5, 0.6) is 0 Å². The summed E-state index contributed by atoms with van der Waals surface area (Å²) in [5.41, 5.74) is 0. The van der Waals surface area contributed by atoms with Gasteiger partial charge in [-0.3, -0.25) is 0 Å². The Morgan fingerprint density at radius 3 is 2.64 bits per heavy atom. The van der Waals surface area contributed by atoms with Crippen LogP contribution in [0.15, 0.2) is 0 Å². The minimum atomic E-state index is -2.93. The van der Waals surface area contributed by atoms with Gasteiger partial charge in [-0.25, -0.2) is 8.42 Å². The van der Waals surface area contributed by atoms with Crippen molar-refractivity contribution in [2.45, 2.75) is 25.4 Å². The SMILES string of the molecule is CC1CN(C2C3CNC2C3)S(=O)(=O)C1. The van der Waals surface area contributed by atoms with E-state index in [9.17, 15) is 8.42 Å².